The number of nitrogen functional groups attached to an aromatic ring is 1. The van der Waals surface area contributed by atoms with Gasteiger partial charge in [-0.15, -0.1) is 0 Å². The smallest absolute Gasteiger partial charge is 0.412 e. The van der Waals surface area contributed by atoms with E-state index in [9.17, 15) is 14.4 Å². The molecule has 204 valence electrons. The minimum Gasteiger partial charge on any atom is -0.491 e. The van der Waals surface area contributed by atoms with Crippen LogP contribution in [0.3, 0.4) is 0 Å². The maximum absolute atomic E-state index is 12.9. The summed E-state index contributed by atoms with van der Waals surface area (Å²) in [6, 6.07) is 20.3. The summed E-state index contributed by atoms with van der Waals surface area (Å²) in [5.74, 6) is 0.0837. The topological polar surface area (TPSA) is 140 Å². The molecule has 2 amide bonds. The van der Waals surface area contributed by atoms with Crippen LogP contribution in [0.4, 0.5) is 21.9 Å². The third-order valence-electron chi connectivity index (χ3n) is 5.86. The molecule has 0 saturated carbocycles. The second-order valence-corrected chi connectivity index (χ2v) is 9.42. The van der Waals surface area contributed by atoms with Crippen LogP contribution in [0, 0.1) is 5.41 Å². The number of carbonyl (C=O) groups excluding carboxylic acids is 3. The fourth-order valence-corrected chi connectivity index (χ4v) is 3.76. The molecule has 0 aliphatic rings. The molecule has 9 nitrogen and oxygen atoms in total. The Bertz CT molecular complexity index is 1320. The third kappa shape index (κ3) is 8.44. The van der Waals surface area contributed by atoms with Gasteiger partial charge in [-0.2, -0.15) is 0 Å². The number of hydrogen-bond donors (Lipinski definition) is 4. The van der Waals surface area contributed by atoms with Gasteiger partial charge in [0.05, 0.1) is 18.0 Å². The van der Waals surface area contributed by atoms with Crippen molar-refractivity contribution < 1.29 is 29.0 Å². The standard InChI is InChI=1S/C30H33N3O6/c1-20(35)21-8-12-23(13-9-21)32-29(37)39-28(22-10-14-24(15-11-22)38-19-18-34)30(2,3)17-16-27(36)33-26-7-5-4-6-25(26)31/h4-17,28,34H,18-19,31H2,1-3H3,(H,32,37)(H,33,36)/b17-16+/t28-/m1/s1. The molecule has 0 aliphatic heterocycles. The van der Waals surface area contributed by atoms with Gasteiger partial charge in [-0.1, -0.05) is 44.2 Å². The molecule has 0 radical (unpaired) electrons. The van der Waals surface area contributed by atoms with E-state index in [4.69, 9.17) is 20.3 Å². The zero-order valence-corrected chi connectivity index (χ0v) is 22.1. The van der Waals surface area contributed by atoms with Crippen LogP contribution >= 0.6 is 0 Å². The Morgan fingerprint density at radius 3 is 2.26 bits per heavy atom. The number of benzene rings is 3. The number of nitrogens with one attached hydrogen (secondary N) is 2. The molecule has 0 aliphatic carbocycles. The van der Waals surface area contributed by atoms with Crippen molar-refractivity contribution in [1.82, 2.24) is 0 Å². The molecule has 0 saturated heterocycles. The first kappa shape index (κ1) is 28.9. The quantitative estimate of drug-likeness (QED) is 0.148. The minimum atomic E-state index is -0.830. The highest BCUT2D eigenvalue weighted by Gasteiger charge is 2.32. The van der Waals surface area contributed by atoms with Crippen molar-refractivity contribution in [3.8, 4) is 5.75 Å². The van der Waals surface area contributed by atoms with Gasteiger partial charge in [0.2, 0.25) is 5.91 Å². The van der Waals surface area contributed by atoms with Crippen molar-refractivity contribution in [2.75, 3.05) is 29.6 Å². The maximum atomic E-state index is 12.9. The monoisotopic (exact) mass is 531 g/mol. The summed E-state index contributed by atoms with van der Waals surface area (Å²) in [4.78, 5) is 37.1. The number of Topliss-reactive ketones (excluding diaryl/α,β-unsaturated/α-hetero) is 1. The van der Waals surface area contributed by atoms with Crippen LogP contribution in [-0.2, 0) is 9.53 Å². The van der Waals surface area contributed by atoms with Crippen LogP contribution in [0.25, 0.3) is 0 Å². The Morgan fingerprint density at radius 2 is 1.64 bits per heavy atom. The number of ether oxygens (including phenoxy) is 2. The summed E-state index contributed by atoms with van der Waals surface area (Å²) in [6.45, 7) is 5.17. The van der Waals surface area contributed by atoms with E-state index in [0.717, 1.165) is 0 Å². The van der Waals surface area contributed by atoms with E-state index >= 15 is 0 Å². The minimum absolute atomic E-state index is 0.0804. The maximum Gasteiger partial charge on any atom is 0.412 e. The Kier molecular flexibility index (Phi) is 9.83. The summed E-state index contributed by atoms with van der Waals surface area (Å²) in [5.41, 5.74) is 7.67. The number of ketones is 1. The van der Waals surface area contributed by atoms with Crippen LogP contribution in [0.1, 0.15) is 42.8 Å². The summed E-state index contributed by atoms with van der Waals surface area (Å²) in [7, 11) is 0. The normalized spacial score (nSPS) is 12.0. The van der Waals surface area contributed by atoms with Crippen LogP contribution < -0.4 is 21.1 Å². The van der Waals surface area contributed by atoms with E-state index in [2.05, 4.69) is 10.6 Å². The molecule has 3 rings (SSSR count). The van der Waals surface area contributed by atoms with Crippen molar-refractivity contribution in [1.29, 1.82) is 0 Å². The highest BCUT2D eigenvalue weighted by Crippen LogP contribution is 2.39. The summed E-state index contributed by atoms with van der Waals surface area (Å²) < 4.78 is 11.3. The average molecular weight is 532 g/mol. The lowest BCUT2D eigenvalue weighted by Gasteiger charge is -2.31. The Hall–Kier alpha value is -4.63. The summed E-state index contributed by atoms with van der Waals surface area (Å²) in [6.07, 6.45) is 1.53. The van der Waals surface area contributed by atoms with Gasteiger partial charge in [0.15, 0.2) is 5.78 Å². The van der Waals surface area contributed by atoms with Gasteiger partial charge in [0, 0.05) is 16.7 Å². The molecular weight excluding hydrogens is 498 g/mol. The van der Waals surface area contributed by atoms with Crippen LogP contribution in [0.15, 0.2) is 84.9 Å². The molecule has 3 aromatic rings. The van der Waals surface area contributed by atoms with Crippen LogP contribution in [0.5, 0.6) is 5.75 Å². The number of para-hydroxylation sites is 2. The summed E-state index contributed by atoms with van der Waals surface area (Å²) >= 11 is 0. The van der Waals surface area contributed by atoms with E-state index < -0.39 is 17.6 Å². The second kappa shape index (κ2) is 13.3. The lowest BCUT2D eigenvalue weighted by molar-refractivity contribution is -0.112. The van der Waals surface area contributed by atoms with Crippen molar-refractivity contribution in [3.05, 3.63) is 96.1 Å². The van der Waals surface area contributed by atoms with E-state index in [1.807, 2.05) is 13.8 Å². The molecule has 5 N–H and O–H groups in total. The zero-order valence-electron chi connectivity index (χ0n) is 22.1. The SMILES string of the molecule is CC(=O)c1ccc(NC(=O)O[C@H](c2ccc(OCCO)cc2)C(C)(C)/C=C/C(=O)Nc2ccccc2N)cc1. The van der Waals surface area contributed by atoms with Gasteiger partial charge in [-0.25, -0.2) is 4.79 Å². The predicted octanol–water partition coefficient (Wildman–Crippen LogP) is 5.35. The third-order valence-corrected chi connectivity index (χ3v) is 5.86. The van der Waals surface area contributed by atoms with Gasteiger partial charge >= 0.3 is 6.09 Å². The molecule has 0 heterocycles. The highest BCUT2D eigenvalue weighted by molar-refractivity contribution is 6.01. The summed E-state index contributed by atoms with van der Waals surface area (Å²) in [5, 5.41) is 14.4. The Balaban J connectivity index is 1.81. The molecule has 0 fully saturated rings. The number of anilines is 3. The van der Waals surface area contributed by atoms with Gasteiger partial charge in [0.1, 0.15) is 18.5 Å². The lowest BCUT2D eigenvalue weighted by Crippen LogP contribution is -2.28. The second-order valence-electron chi connectivity index (χ2n) is 9.42. The number of carbonyl (C=O) groups is 3. The van der Waals surface area contributed by atoms with Gasteiger partial charge < -0.3 is 25.6 Å². The highest BCUT2D eigenvalue weighted by atomic mass is 16.6. The molecule has 39 heavy (non-hydrogen) atoms. The molecule has 9 heteroatoms. The van der Waals surface area contributed by atoms with Crippen LogP contribution in [0.2, 0.25) is 0 Å². The van der Waals surface area contributed by atoms with Gasteiger partial charge in [-0.05, 0) is 67.1 Å². The first-order valence-corrected chi connectivity index (χ1v) is 12.4. The number of aliphatic hydroxyl groups is 1. The first-order valence-electron chi connectivity index (χ1n) is 12.4. The molecular formula is C30H33N3O6. The molecule has 3 aromatic carbocycles. The van der Waals surface area contributed by atoms with Crippen molar-refractivity contribution >= 4 is 34.8 Å². The van der Waals surface area contributed by atoms with Gasteiger partial charge in [-0.3, -0.25) is 14.9 Å². The Labute approximate surface area is 227 Å². The molecule has 0 spiro atoms. The Morgan fingerprint density at radius 1 is 0.974 bits per heavy atom. The lowest BCUT2D eigenvalue weighted by atomic mass is 9.82. The molecule has 0 unspecified atom stereocenters. The number of rotatable bonds is 11. The number of nitrogens with two attached hydrogens (primary N) is 1. The molecule has 0 bridgehead atoms. The fraction of sp³-hybridized carbons (Fsp3) is 0.233. The van der Waals surface area contributed by atoms with Crippen molar-refractivity contribution in [2.45, 2.75) is 26.9 Å². The number of amides is 2. The van der Waals surface area contributed by atoms with Crippen molar-refractivity contribution in [3.63, 3.8) is 0 Å². The first-order chi connectivity index (χ1) is 18.6. The van der Waals surface area contributed by atoms with Crippen molar-refractivity contribution in [2.24, 2.45) is 5.41 Å². The largest absolute Gasteiger partial charge is 0.491 e. The number of aliphatic hydroxyl groups excluding tert-OH is 1. The van der Waals surface area contributed by atoms with E-state index in [-0.39, 0.29) is 24.9 Å². The molecule has 1 atom stereocenters. The fourth-order valence-electron chi connectivity index (χ4n) is 3.76. The average Bonchev–Trinajstić information content (AvgIpc) is 2.91. The van der Waals surface area contributed by atoms with Crippen LogP contribution in [-0.4, -0.2) is 36.1 Å². The van der Waals surface area contributed by atoms with E-state index in [1.54, 1.807) is 78.9 Å². The number of hydrogen-bond acceptors (Lipinski definition) is 7. The zero-order chi connectivity index (χ0) is 28.4. The van der Waals surface area contributed by atoms with Gasteiger partial charge in [0.25, 0.3) is 0 Å². The molecule has 0 aromatic heterocycles. The predicted molar refractivity (Wildman–Crippen MR) is 151 cm³/mol. The van der Waals surface area contributed by atoms with E-state index in [0.29, 0.717) is 33.9 Å². The van der Waals surface area contributed by atoms with E-state index in [1.165, 1.54) is 13.0 Å².